The van der Waals surface area contributed by atoms with Gasteiger partial charge in [0.2, 0.25) is 11.8 Å². The Bertz CT molecular complexity index is 1390. The van der Waals surface area contributed by atoms with Crippen LogP contribution in [-0.4, -0.2) is 48.0 Å². The minimum Gasteiger partial charge on any atom is -0.497 e. The van der Waals surface area contributed by atoms with Crippen molar-refractivity contribution in [2.75, 3.05) is 12.0 Å². The van der Waals surface area contributed by atoms with E-state index in [1.165, 1.54) is 4.90 Å². The lowest BCUT2D eigenvalue weighted by molar-refractivity contribution is -0.123. The first-order valence-corrected chi connectivity index (χ1v) is 11.1. The molecule has 0 N–H and O–H groups in total. The molecule has 3 heterocycles. The zero-order valence-electron chi connectivity index (χ0n) is 18.4. The summed E-state index contributed by atoms with van der Waals surface area (Å²) in [7, 11) is 1.56. The number of nitrogens with zero attached hydrogens (tertiary/aromatic N) is 3. The van der Waals surface area contributed by atoms with Gasteiger partial charge in [0.15, 0.2) is 5.78 Å². The minimum atomic E-state index is -0.869. The van der Waals surface area contributed by atoms with Crippen molar-refractivity contribution < 1.29 is 19.1 Å². The number of rotatable bonds is 4. The van der Waals surface area contributed by atoms with Gasteiger partial charge >= 0.3 is 0 Å². The zero-order chi connectivity index (χ0) is 23.4. The van der Waals surface area contributed by atoms with E-state index in [0.29, 0.717) is 17.0 Å². The smallest absolute Gasteiger partial charge is 0.240 e. The van der Waals surface area contributed by atoms with Crippen LogP contribution in [0.2, 0.25) is 0 Å². The normalized spacial score (nSPS) is 25.1. The molecule has 0 radical (unpaired) electrons. The first-order chi connectivity index (χ1) is 16.6. The van der Waals surface area contributed by atoms with E-state index in [0.717, 1.165) is 10.8 Å². The Morgan fingerprint density at radius 1 is 0.912 bits per heavy atom. The summed E-state index contributed by atoms with van der Waals surface area (Å²) in [6.07, 6.45) is 5.19. The van der Waals surface area contributed by atoms with Gasteiger partial charge in [-0.2, -0.15) is 5.10 Å². The molecule has 3 aromatic carbocycles. The fourth-order valence-electron chi connectivity index (χ4n) is 5.33. The van der Waals surface area contributed by atoms with Crippen LogP contribution in [0.15, 0.2) is 84.0 Å². The van der Waals surface area contributed by atoms with Crippen molar-refractivity contribution in [3.8, 4) is 5.75 Å². The maximum atomic E-state index is 13.8. The summed E-state index contributed by atoms with van der Waals surface area (Å²) < 4.78 is 5.19. The van der Waals surface area contributed by atoms with E-state index in [9.17, 15) is 14.4 Å². The lowest BCUT2D eigenvalue weighted by Crippen LogP contribution is -2.46. The van der Waals surface area contributed by atoms with Crippen molar-refractivity contribution in [2.45, 2.75) is 12.1 Å². The molecular formula is C27H21N3O4. The molecule has 2 saturated heterocycles. The summed E-state index contributed by atoms with van der Waals surface area (Å²) in [5.74, 6) is -1.78. The topological polar surface area (TPSA) is 79.3 Å². The molecule has 7 nitrogen and oxygen atoms in total. The third-order valence-corrected chi connectivity index (χ3v) is 6.93. The van der Waals surface area contributed by atoms with Crippen LogP contribution in [0.3, 0.4) is 0 Å². The number of imide groups is 1. The Hall–Kier alpha value is -4.26. The largest absolute Gasteiger partial charge is 0.497 e. The molecule has 0 spiro atoms. The van der Waals surface area contributed by atoms with E-state index in [1.54, 1.807) is 54.7 Å². The number of hydrogen-bond donors (Lipinski definition) is 0. The number of amides is 2. The number of benzene rings is 3. The Morgan fingerprint density at radius 3 is 2.41 bits per heavy atom. The van der Waals surface area contributed by atoms with Crippen molar-refractivity contribution in [1.82, 2.24) is 5.01 Å². The minimum absolute atomic E-state index is 0.242. The summed E-state index contributed by atoms with van der Waals surface area (Å²) in [4.78, 5) is 42.3. The molecule has 4 atom stereocenters. The number of hydrazone groups is 1. The maximum Gasteiger partial charge on any atom is 0.240 e. The van der Waals surface area contributed by atoms with Crippen molar-refractivity contribution >= 4 is 40.3 Å². The number of fused-ring (bicyclic) bond motifs is 4. The van der Waals surface area contributed by atoms with Gasteiger partial charge < -0.3 is 4.74 Å². The average molecular weight is 451 g/mol. The number of carbonyl (C=O) groups is 3. The van der Waals surface area contributed by atoms with Gasteiger partial charge in [0, 0.05) is 11.8 Å². The molecule has 0 saturated carbocycles. The fourth-order valence-corrected chi connectivity index (χ4v) is 5.33. The summed E-state index contributed by atoms with van der Waals surface area (Å²) in [5.41, 5.74) is 0.966. The number of allylic oxidation sites excluding steroid dienone is 1. The van der Waals surface area contributed by atoms with Crippen molar-refractivity contribution in [2.24, 2.45) is 16.9 Å². The Labute approximate surface area is 195 Å². The molecule has 2 fully saturated rings. The van der Waals surface area contributed by atoms with Crippen LogP contribution in [0, 0.1) is 11.8 Å². The third-order valence-electron chi connectivity index (χ3n) is 6.93. The van der Waals surface area contributed by atoms with Gasteiger partial charge in [-0.15, -0.1) is 0 Å². The maximum absolute atomic E-state index is 13.8. The standard InChI is InChI=1S/C27H21N3O4/c1-34-20-12-9-17(10-13-20)25(31)24-23-22(21-7-4-14-28-30(21)24)26(32)29(27(23)33)19-11-8-16-5-2-3-6-18(16)15-19/h2-15,21-24H,1H3. The molecule has 2 amide bonds. The SMILES string of the molecule is COc1ccc(C(=O)C2C3C(=O)N(c4ccc5ccccc5c4)C(=O)C3C3C=CC=NN32)cc1. The first-order valence-electron chi connectivity index (χ1n) is 11.1. The molecule has 0 aromatic heterocycles. The molecule has 7 heteroatoms. The van der Waals surface area contributed by atoms with Gasteiger partial charge in [-0.25, -0.2) is 4.90 Å². The van der Waals surface area contributed by atoms with Crippen LogP contribution in [0.25, 0.3) is 10.8 Å². The van der Waals surface area contributed by atoms with Crippen molar-refractivity contribution in [3.63, 3.8) is 0 Å². The molecule has 0 aliphatic carbocycles. The van der Waals surface area contributed by atoms with Crippen molar-refractivity contribution in [1.29, 1.82) is 0 Å². The van der Waals surface area contributed by atoms with E-state index in [2.05, 4.69) is 5.10 Å². The van der Waals surface area contributed by atoms with E-state index in [4.69, 9.17) is 4.74 Å². The van der Waals surface area contributed by atoms with Crippen LogP contribution < -0.4 is 9.64 Å². The van der Waals surface area contributed by atoms with Gasteiger partial charge in [0.25, 0.3) is 0 Å². The highest BCUT2D eigenvalue weighted by Gasteiger charge is 2.64. The van der Waals surface area contributed by atoms with Crippen molar-refractivity contribution in [3.05, 3.63) is 84.4 Å². The summed E-state index contributed by atoms with van der Waals surface area (Å²) in [6, 6.07) is 18.8. The molecule has 3 aromatic rings. The second-order valence-electron chi connectivity index (χ2n) is 8.65. The fraction of sp³-hybridized carbons (Fsp3) is 0.185. The summed E-state index contributed by atoms with van der Waals surface area (Å²) in [5, 5.41) is 7.98. The van der Waals surface area contributed by atoms with Crippen LogP contribution in [-0.2, 0) is 9.59 Å². The first kappa shape index (κ1) is 20.4. The van der Waals surface area contributed by atoms with Crippen LogP contribution in [0.1, 0.15) is 10.4 Å². The second-order valence-corrected chi connectivity index (χ2v) is 8.65. The second kappa shape index (κ2) is 7.66. The highest BCUT2D eigenvalue weighted by Crippen LogP contribution is 2.46. The number of carbonyl (C=O) groups excluding carboxylic acids is 3. The van der Waals surface area contributed by atoms with Gasteiger partial charge in [0.1, 0.15) is 11.8 Å². The molecule has 3 aliphatic rings. The van der Waals surface area contributed by atoms with E-state index in [-0.39, 0.29) is 17.6 Å². The van der Waals surface area contributed by atoms with Crippen LogP contribution in [0.4, 0.5) is 5.69 Å². The highest BCUT2D eigenvalue weighted by molar-refractivity contribution is 6.25. The van der Waals surface area contributed by atoms with Gasteiger partial charge in [-0.1, -0.05) is 36.4 Å². The lowest BCUT2D eigenvalue weighted by atomic mass is 9.86. The Balaban J connectivity index is 1.41. The predicted octanol–water partition coefficient (Wildman–Crippen LogP) is 3.45. The molecule has 34 heavy (non-hydrogen) atoms. The van der Waals surface area contributed by atoms with E-state index in [1.807, 2.05) is 42.5 Å². The number of ketones is 1. The summed E-state index contributed by atoms with van der Waals surface area (Å²) >= 11 is 0. The molecule has 6 rings (SSSR count). The highest BCUT2D eigenvalue weighted by atomic mass is 16.5. The number of anilines is 1. The predicted molar refractivity (Wildman–Crippen MR) is 128 cm³/mol. The van der Waals surface area contributed by atoms with Gasteiger partial charge in [-0.05, 0) is 53.2 Å². The molecule has 0 bridgehead atoms. The average Bonchev–Trinajstić information content (AvgIpc) is 3.35. The van der Waals surface area contributed by atoms with Crippen LogP contribution >= 0.6 is 0 Å². The molecule has 168 valence electrons. The van der Waals surface area contributed by atoms with E-state index < -0.39 is 23.9 Å². The monoisotopic (exact) mass is 451 g/mol. The Kier molecular flexibility index (Phi) is 4.58. The number of methoxy groups -OCH3 is 1. The zero-order valence-corrected chi connectivity index (χ0v) is 18.4. The summed E-state index contributed by atoms with van der Waals surface area (Å²) in [6.45, 7) is 0. The van der Waals surface area contributed by atoms with Crippen LogP contribution in [0.5, 0.6) is 5.75 Å². The number of hydrogen-bond acceptors (Lipinski definition) is 6. The Morgan fingerprint density at radius 2 is 1.65 bits per heavy atom. The third kappa shape index (κ3) is 2.90. The molecular weight excluding hydrogens is 430 g/mol. The lowest BCUT2D eigenvalue weighted by Gasteiger charge is -2.30. The van der Waals surface area contributed by atoms with E-state index >= 15 is 0 Å². The molecule has 4 unspecified atom stereocenters. The number of ether oxygens (including phenoxy) is 1. The molecule has 3 aliphatic heterocycles. The van der Waals surface area contributed by atoms with Gasteiger partial charge in [-0.3, -0.25) is 19.4 Å². The quantitative estimate of drug-likeness (QED) is 0.449. The number of Topliss-reactive ketones (excluding diaryl/α,β-unsaturated/α-hetero) is 1. The van der Waals surface area contributed by atoms with Gasteiger partial charge in [0.05, 0.1) is 30.7 Å².